The van der Waals surface area contributed by atoms with E-state index in [0.717, 1.165) is 16.5 Å². The van der Waals surface area contributed by atoms with Gasteiger partial charge in [-0.2, -0.15) is 0 Å². The number of esters is 1. The molecule has 0 radical (unpaired) electrons. The largest absolute Gasteiger partial charge is 0.491 e. The Bertz CT molecular complexity index is 1970. The average molecular weight is 546 g/mol. The molecule has 3 aliphatic rings. The number of aryl methyl sites for hydroxylation is 1. The number of hydrogen-bond donors (Lipinski definition) is 2. The van der Waals surface area contributed by atoms with E-state index in [1.165, 1.54) is 17.7 Å². The first-order valence-electron chi connectivity index (χ1n) is 13.1. The number of ether oxygens (including phenoxy) is 2. The van der Waals surface area contributed by atoms with Gasteiger partial charge in [-0.1, -0.05) is 6.92 Å². The fourth-order valence-electron chi connectivity index (χ4n) is 6.57. The first kappa shape index (κ1) is 24.6. The Hall–Kier alpha value is -4.38. The maximum atomic E-state index is 15.0. The molecular weight excluding hydrogens is 521 g/mol. The fraction of sp³-hybridized carbons (Fsp3) is 0.345. The Morgan fingerprint density at radius 3 is 2.70 bits per heavy atom. The molecule has 0 amide bonds. The van der Waals surface area contributed by atoms with Crippen molar-refractivity contribution >= 4 is 22.6 Å². The third-order valence-corrected chi connectivity index (χ3v) is 8.77. The van der Waals surface area contributed by atoms with Crippen LogP contribution in [0, 0.1) is 12.7 Å². The van der Waals surface area contributed by atoms with Crippen molar-refractivity contribution in [3.05, 3.63) is 82.1 Å². The molecule has 10 nitrogen and oxygen atoms in total. The first-order valence-corrected chi connectivity index (χ1v) is 13.1. The number of nitrogens with zero attached hydrogens (tertiary/aromatic N) is 2. The molecule has 7 rings (SSSR count). The summed E-state index contributed by atoms with van der Waals surface area (Å²) in [4.78, 5) is 55.4. The lowest BCUT2D eigenvalue weighted by molar-refractivity contribution is -0.172. The van der Waals surface area contributed by atoms with Crippen LogP contribution in [0.5, 0.6) is 5.75 Å². The van der Waals surface area contributed by atoms with Crippen molar-refractivity contribution in [1.29, 1.82) is 0 Å². The quantitative estimate of drug-likeness (QED) is 0.257. The molecule has 2 N–H and O–H groups in total. The van der Waals surface area contributed by atoms with Crippen LogP contribution in [0.3, 0.4) is 0 Å². The summed E-state index contributed by atoms with van der Waals surface area (Å²) in [6.07, 6.45) is 1.01. The minimum atomic E-state index is -1.98. The molecule has 0 saturated carbocycles. The number of fused-ring (bicyclic) bond motifs is 5. The zero-order chi connectivity index (χ0) is 28.2. The van der Waals surface area contributed by atoms with Crippen molar-refractivity contribution in [2.24, 2.45) is 0 Å². The van der Waals surface area contributed by atoms with Crippen LogP contribution in [0.2, 0.25) is 0 Å². The van der Waals surface area contributed by atoms with Crippen LogP contribution in [0.25, 0.3) is 22.3 Å². The fourth-order valence-corrected chi connectivity index (χ4v) is 6.57. The van der Waals surface area contributed by atoms with E-state index >= 15 is 4.39 Å². The highest BCUT2D eigenvalue weighted by Crippen LogP contribution is 2.47. The molecule has 0 bridgehead atoms. The molecular formula is C29H24FN3O7. The van der Waals surface area contributed by atoms with Gasteiger partial charge in [-0.15, -0.1) is 0 Å². The second-order valence-corrected chi connectivity index (χ2v) is 10.6. The molecule has 11 heteroatoms. The van der Waals surface area contributed by atoms with Gasteiger partial charge in [-0.3, -0.25) is 14.4 Å². The number of aromatic nitrogens is 2. The number of cyclic esters (lactones) is 1. The Morgan fingerprint density at radius 1 is 1.20 bits per heavy atom. The molecule has 2 aliphatic heterocycles. The van der Waals surface area contributed by atoms with Gasteiger partial charge in [0.1, 0.15) is 18.1 Å². The second kappa shape index (κ2) is 8.07. The molecule has 4 aromatic rings. The van der Waals surface area contributed by atoms with E-state index in [2.05, 4.69) is 5.32 Å². The molecule has 0 unspecified atom stereocenters. The molecule has 2 aromatic carbocycles. The smallest absolute Gasteiger partial charge is 0.343 e. The van der Waals surface area contributed by atoms with Crippen LogP contribution in [0.15, 0.2) is 26.5 Å². The lowest BCUT2D eigenvalue weighted by Crippen LogP contribution is -2.44. The minimum absolute atomic E-state index is 0.00845. The van der Waals surface area contributed by atoms with Crippen LogP contribution in [0.1, 0.15) is 59.2 Å². The van der Waals surface area contributed by atoms with Gasteiger partial charge in [0.25, 0.3) is 16.4 Å². The Balaban J connectivity index is 1.50. The number of pyridine rings is 2. The summed E-state index contributed by atoms with van der Waals surface area (Å²) < 4.78 is 26.9. The number of aliphatic hydroxyl groups is 1. The normalized spacial score (nSPS) is 20.7. The van der Waals surface area contributed by atoms with Gasteiger partial charge in [-0.25, -0.2) is 14.2 Å². The van der Waals surface area contributed by atoms with Gasteiger partial charge in [0.2, 0.25) is 0 Å². The van der Waals surface area contributed by atoms with E-state index < -0.39 is 39.8 Å². The molecule has 0 saturated heterocycles. The molecule has 1 aliphatic carbocycles. The maximum absolute atomic E-state index is 15.0. The van der Waals surface area contributed by atoms with Gasteiger partial charge in [0.05, 0.1) is 42.2 Å². The molecule has 0 fully saturated rings. The van der Waals surface area contributed by atoms with Gasteiger partial charge in [-0.05, 0) is 48.9 Å². The molecule has 2 atom stereocenters. The summed E-state index contributed by atoms with van der Waals surface area (Å²) >= 11 is 0. The molecule has 204 valence electrons. The van der Waals surface area contributed by atoms with Gasteiger partial charge < -0.3 is 24.5 Å². The van der Waals surface area contributed by atoms with Crippen LogP contribution < -0.4 is 26.5 Å². The van der Waals surface area contributed by atoms with E-state index in [0.29, 0.717) is 40.9 Å². The summed E-state index contributed by atoms with van der Waals surface area (Å²) in [5.41, 5.74) is 0.717. The zero-order valence-electron chi connectivity index (χ0n) is 21.9. The van der Waals surface area contributed by atoms with E-state index in [9.17, 15) is 24.3 Å². The molecule has 0 spiro atoms. The third-order valence-electron chi connectivity index (χ3n) is 8.77. The highest BCUT2D eigenvalue weighted by Gasteiger charge is 2.46. The topological polar surface area (TPSA) is 137 Å². The SMILES string of the molecule is CC[C@@]1(O)C(=O)OCc2c1cc1n(c2=O)Cc2c-1nc1cc(F)c(C)c3c1c2[C@@H](Nc1c(OC)c(=O)c1=O)CC3. The lowest BCUT2D eigenvalue weighted by atomic mass is 9.81. The van der Waals surface area contributed by atoms with E-state index in [1.807, 2.05) is 0 Å². The standard InChI is InChI=1S/C29H24FN3O7/c1-4-29(38)15-7-19-22-13(9-33(19)27(36)14(15)10-40-28(29)37)21-17(31-23-24(34)25(35)26(23)39-3)6-5-12-11(2)16(30)8-18(32-22)20(12)21/h7-8,17,31,38H,4-6,9-10H2,1-3H3/t17-,29-/m0/s1. The second-order valence-electron chi connectivity index (χ2n) is 10.6. The van der Waals surface area contributed by atoms with Crippen molar-refractivity contribution < 1.29 is 23.8 Å². The van der Waals surface area contributed by atoms with Crippen LogP contribution >= 0.6 is 0 Å². The predicted molar refractivity (Wildman–Crippen MR) is 142 cm³/mol. The Labute approximate surface area is 225 Å². The number of halogens is 1. The third kappa shape index (κ3) is 2.92. The van der Waals surface area contributed by atoms with Gasteiger partial charge >= 0.3 is 5.97 Å². The summed E-state index contributed by atoms with van der Waals surface area (Å²) in [6.45, 7) is 3.23. The number of rotatable bonds is 4. The number of benzene rings is 1. The summed E-state index contributed by atoms with van der Waals surface area (Å²) in [6, 6.07) is 2.51. The summed E-state index contributed by atoms with van der Waals surface area (Å²) in [7, 11) is 1.32. The number of anilines is 1. The number of carbonyl (C=O) groups excluding carboxylic acids is 1. The van der Waals surface area contributed by atoms with Crippen molar-refractivity contribution in [2.45, 2.75) is 57.9 Å². The van der Waals surface area contributed by atoms with Crippen molar-refractivity contribution in [2.75, 3.05) is 12.4 Å². The van der Waals surface area contributed by atoms with Crippen molar-refractivity contribution in [3.63, 3.8) is 0 Å². The minimum Gasteiger partial charge on any atom is -0.491 e. The average Bonchev–Trinajstić information content (AvgIpc) is 3.32. The van der Waals surface area contributed by atoms with Crippen LogP contribution in [-0.4, -0.2) is 27.7 Å². The molecule has 4 heterocycles. The summed E-state index contributed by atoms with van der Waals surface area (Å²) in [5.74, 6) is -1.26. The number of hydrogen-bond acceptors (Lipinski definition) is 9. The highest BCUT2D eigenvalue weighted by molar-refractivity contribution is 5.93. The van der Waals surface area contributed by atoms with Crippen LogP contribution in [0.4, 0.5) is 10.1 Å². The summed E-state index contributed by atoms with van der Waals surface area (Å²) in [5, 5.41) is 15.1. The zero-order valence-corrected chi connectivity index (χ0v) is 21.9. The predicted octanol–water partition coefficient (Wildman–Crippen LogP) is 2.23. The molecule has 40 heavy (non-hydrogen) atoms. The number of carbonyl (C=O) groups is 1. The molecule has 2 aromatic heterocycles. The van der Waals surface area contributed by atoms with Crippen LogP contribution in [-0.2, 0) is 34.7 Å². The Morgan fingerprint density at radius 2 is 1.98 bits per heavy atom. The monoisotopic (exact) mass is 545 g/mol. The van der Waals surface area contributed by atoms with E-state index in [-0.39, 0.29) is 42.1 Å². The van der Waals surface area contributed by atoms with Gasteiger partial charge in [0.15, 0.2) is 11.4 Å². The van der Waals surface area contributed by atoms with Crippen molar-refractivity contribution in [1.82, 2.24) is 9.55 Å². The van der Waals surface area contributed by atoms with E-state index in [4.69, 9.17) is 14.5 Å². The highest BCUT2D eigenvalue weighted by atomic mass is 19.1. The van der Waals surface area contributed by atoms with Crippen molar-refractivity contribution in [3.8, 4) is 17.1 Å². The number of nitrogens with one attached hydrogen (secondary N) is 1. The van der Waals surface area contributed by atoms with Gasteiger partial charge in [0, 0.05) is 22.6 Å². The van der Waals surface area contributed by atoms with E-state index in [1.54, 1.807) is 19.9 Å². The maximum Gasteiger partial charge on any atom is 0.343 e. The number of methoxy groups -OCH3 is 1. The lowest BCUT2D eigenvalue weighted by Gasteiger charge is -2.31. The first-order chi connectivity index (χ1) is 19.1. The Kier molecular flexibility index (Phi) is 4.97.